The number of nitrogens with zero attached hydrogens (tertiary/aromatic N) is 2. The van der Waals surface area contributed by atoms with Gasteiger partial charge in [0.15, 0.2) is 0 Å². The average molecular weight is 259 g/mol. The summed E-state index contributed by atoms with van der Waals surface area (Å²) in [4.78, 5) is 4.46. The number of aryl methyl sites for hydroxylation is 1. The molecule has 0 fully saturated rings. The summed E-state index contributed by atoms with van der Waals surface area (Å²) < 4.78 is 16.0. The van der Waals surface area contributed by atoms with Crippen molar-refractivity contribution in [3.05, 3.63) is 47.3 Å². The predicted molar refractivity (Wildman–Crippen MR) is 72.8 cm³/mol. The van der Waals surface area contributed by atoms with Crippen LogP contribution in [0.15, 0.2) is 24.5 Å². The molecule has 100 valence electrons. The molecule has 0 amide bonds. The first-order chi connectivity index (χ1) is 9.18. The van der Waals surface area contributed by atoms with Crippen LogP contribution in [0, 0.1) is 5.82 Å². The number of aromatic nitrogens is 2. The molecule has 1 aromatic carbocycles. The highest BCUT2D eigenvalue weighted by Gasteiger charge is 2.20. The van der Waals surface area contributed by atoms with Gasteiger partial charge in [0.05, 0.1) is 17.7 Å². The third-order valence-electron chi connectivity index (χ3n) is 3.77. The van der Waals surface area contributed by atoms with Crippen LogP contribution in [0.25, 0.3) is 5.69 Å². The van der Waals surface area contributed by atoms with Crippen molar-refractivity contribution < 1.29 is 4.39 Å². The van der Waals surface area contributed by atoms with E-state index in [1.165, 1.54) is 24.6 Å². The van der Waals surface area contributed by atoms with Gasteiger partial charge in [-0.2, -0.15) is 0 Å². The zero-order valence-corrected chi connectivity index (χ0v) is 11.1. The van der Waals surface area contributed by atoms with E-state index in [2.05, 4.69) is 4.98 Å². The van der Waals surface area contributed by atoms with Crippen LogP contribution in [0.5, 0.6) is 0 Å². The standard InChI is InChI=1S/C15H18FN3/c1-10(17)15-11(16)5-4-8-14(15)19-9-18-12-6-2-3-7-13(12)19/h4-5,8-10H,2-3,6-7,17H2,1H3/t10-/m0/s1. The lowest BCUT2D eigenvalue weighted by Crippen LogP contribution is -2.14. The van der Waals surface area contributed by atoms with Gasteiger partial charge < -0.3 is 10.3 Å². The molecular weight excluding hydrogens is 241 g/mol. The van der Waals surface area contributed by atoms with E-state index in [9.17, 15) is 4.39 Å². The quantitative estimate of drug-likeness (QED) is 0.901. The Morgan fingerprint density at radius 1 is 1.32 bits per heavy atom. The maximum absolute atomic E-state index is 14.0. The highest BCUT2D eigenvalue weighted by atomic mass is 19.1. The van der Waals surface area contributed by atoms with E-state index in [1.54, 1.807) is 12.4 Å². The molecule has 0 spiro atoms. The first kappa shape index (κ1) is 12.4. The molecule has 1 aliphatic rings. The molecule has 1 heterocycles. The molecule has 3 rings (SSSR count). The number of hydrogen-bond acceptors (Lipinski definition) is 2. The Hall–Kier alpha value is -1.68. The largest absolute Gasteiger partial charge is 0.324 e. The fourth-order valence-corrected chi connectivity index (χ4v) is 2.86. The molecule has 19 heavy (non-hydrogen) atoms. The van der Waals surface area contributed by atoms with Crippen molar-refractivity contribution in [1.29, 1.82) is 0 Å². The zero-order chi connectivity index (χ0) is 13.4. The topological polar surface area (TPSA) is 43.8 Å². The molecule has 2 N–H and O–H groups in total. The summed E-state index contributed by atoms with van der Waals surface area (Å²) in [7, 11) is 0. The number of benzene rings is 1. The maximum atomic E-state index is 14.0. The van der Waals surface area contributed by atoms with Gasteiger partial charge in [0.2, 0.25) is 0 Å². The molecule has 0 saturated carbocycles. The average Bonchev–Trinajstić information content (AvgIpc) is 2.81. The number of hydrogen-bond donors (Lipinski definition) is 1. The lowest BCUT2D eigenvalue weighted by molar-refractivity contribution is 0.589. The second-order valence-corrected chi connectivity index (χ2v) is 5.18. The van der Waals surface area contributed by atoms with Crippen molar-refractivity contribution in [2.24, 2.45) is 5.73 Å². The third-order valence-corrected chi connectivity index (χ3v) is 3.77. The molecule has 0 radical (unpaired) electrons. The molecule has 0 unspecified atom stereocenters. The van der Waals surface area contributed by atoms with Crippen molar-refractivity contribution in [3.63, 3.8) is 0 Å². The van der Waals surface area contributed by atoms with Gasteiger partial charge in [-0.3, -0.25) is 0 Å². The van der Waals surface area contributed by atoms with Crippen LogP contribution in [0.3, 0.4) is 0 Å². The van der Waals surface area contributed by atoms with Crippen molar-refractivity contribution in [3.8, 4) is 5.69 Å². The molecule has 2 aromatic rings. The third kappa shape index (κ3) is 2.06. The minimum atomic E-state index is -0.335. The van der Waals surface area contributed by atoms with Crippen LogP contribution in [0.4, 0.5) is 4.39 Å². The molecule has 0 aliphatic heterocycles. The summed E-state index contributed by atoms with van der Waals surface area (Å²) in [5.41, 5.74) is 9.66. The molecule has 3 nitrogen and oxygen atoms in total. The highest BCUT2D eigenvalue weighted by Crippen LogP contribution is 2.28. The lowest BCUT2D eigenvalue weighted by Gasteiger charge is -2.18. The number of fused-ring (bicyclic) bond motifs is 1. The van der Waals surface area contributed by atoms with Gasteiger partial charge in [-0.15, -0.1) is 0 Å². The minimum absolute atomic E-state index is 0.245. The zero-order valence-electron chi connectivity index (χ0n) is 11.1. The Balaban J connectivity index is 2.17. The summed E-state index contributed by atoms with van der Waals surface area (Å²) >= 11 is 0. The van der Waals surface area contributed by atoms with Crippen LogP contribution >= 0.6 is 0 Å². The lowest BCUT2D eigenvalue weighted by atomic mass is 10.00. The van der Waals surface area contributed by atoms with Gasteiger partial charge in [0.1, 0.15) is 5.82 Å². The molecule has 1 aliphatic carbocycles. The molecule has 4 heteroatoms. The number of halogens is 1. The number of imidazole rings is 1. The summed E-state index contributed by atoms with van der Waals surface area (Å²) in [6.07, 6.45) is 6.18. The second kappa shape index (κ2) is 4.78. The van der Waals surface area contributed by atoms with Crippen LogP contribution in [0.2, 0.25) is 0 Å². The Morgan fingerprint density at radius 2 is 2.11 bits per heavy atom. The highest BCUT2D eigenvalue weighted by molar-refractivity contribution is 5.46. The summed E-state index contributed by atoms with van der Waals surface area (Å²) in [6.45, 7) is 1.81. The Kier molecular flexibility index (Phi) is 3.11. The Morgan fingerprint density at radius 3 is 2.89 bits per heavy atom. The fourth-order valence-electron chi connectivity index (χ4n) is 2.86. The van der Waals surface area contributed by atoms with E-state index < -0.39 is 0 Å². The predicted octanol–water partition coefficient (Wildman–Crippen LogP) is 2.91. The molecule has 1 aromatic heterocycles. The van der Waals surface area contributed by atoms with Gasteiger partial charge in [-0.05, 0) is 44.7 Å². The SMILES string of the molecule is C[C@H](N)c1c(F)cccc1-n1cnc2c1CCCC2. The van der Waals surface area contributed by atoms with Crippen molar-refractivity contribution in [2.45, 2.75) is 38.6 Å². The van der Waals surface area contributed by atoms with Gasteiger partial charge in [0, 0.05) is 17.3 Å². The summed E-state index contributed by atoms with van der Waals surface area (Å²) in [6, 6.07) is 4.77. The van der Waals surface area contributed by atoms with Crippen LogP contribution in [0.1, 0.15) is 42.8 Å². The fraction of sp³-hybridized carbons (Fsp3) is 0.400. The molecule has 1 atom stereocenters. The normalized spacial score (nSPS) is 16.2. The van der Waals surface area contributed by atoms with Gasteiger partial charge in [0.25, 0.3) is 0 Å². The van der Waals surface area contributed by atoms with E-state index in [4.69, 9.17) is 5.73 Å². The molecular formula is C15H18FN3. The molecule has 0 bridgehead atoms. The van der Waals surface area contributed by atoms with Crippen LogP contribution < -0.4 is 5.73 Å². The molecule has 0 saturated heterocycles. The van der Waals surface area contributed by atoms with Gasteiger partial charge >= 0.3 is 0 Å². The van der Waals surface area contributed by atoms with Crippen LogP contribution in [-0.4, -0.2) is 9.55 Å². The number of rotatable bonds is 2. The monoisotopic (exact) mass is 259 g/mol. The van der Waals surface area contributed by atoms with E-state index in [0.717, 1.165) is 24.2 Å². The van der Waals surface area contributed by atoms with E-state index in [1.807, 2.05) is 17.6 Å². The summed E-state index contributed by atoms with van der Waals surface area (Å²) in [5, 5.41) is 0. The van der Waals surface area contributed by atoms with Crippen molar-refractivity contribution >= 4 is 0 Å². The minimum Gasteiger partial charge on any atom is -0.324 e. The van der Waals surface area contributed by atoms with Crippen LogP contribution in [-0.2, 0) is 12.8 Å². The number of nitrogens with two attached hydrogens (primary N) is 1. The maximum Gasteiger partial charge on any atom is 0.130 e. The first-order valence-electron chi connectivity index (χ1n) is 6.78. The second-order valence-electron chi connectivity index (χ2n) is 5.18. The smallest absolute Gasteiger partial charge is 0.130 e. The van der Waals surface area contributed by atoms with Gasteiger partial charge in [-0.25, -0.2) is 9.37 Å². The Bertz CT molecular complexity index is 601. The summed E-state index contributed by atoms with van der Waals surface area (Å²) in [5.74, 6) is -0.245. The van der Waals surface area contributed by atoms with Crippen molar-refractivity contribution in [2.75, 3.05) is 0 Å². The first-order valence-corrected chi connectivity index (χ1v) is 6.78. The van der Waals surface area contributed by atoms with E-state index >= 15 is 0 Å². The Labute approximate surface area is 112 Å². The van der Waals surface area contributed by atoms with Crippen molar-refractivity contribution in [1.82, 2.24) is 9.55 Å². The van der Waals surface area contributed by atoms with E-state index in [-0.39, 0.29) is 11.9 Å². The van der Waals surface area contributed by atoms with E-state index in [0.29, 0.717) is 5.56 Å². The van der Waals surface area contributed by atoms with Gasteiger partial charge in [-0.1, -0.05) is 6.07 Å².